The molecule has 0 radical (unpaired) electrons. The second kappa shape index (κ2) is 5.75. The molecule has 0 saturated carbocycles. The van der Waals surface area contributed by atoms with E-state index in [9.17, 15) is 4.79 Å². The molecule has 1 atom stereocenters. The number of hydrogen-bond acceptors (Lipinski definition) is 3. The summed E-state index contributed by atoms with van der Waals surface area (Å²) in [6, 6.07) is 0.166. The fourth-order valence-corrected chi connectivity index (χ4v) is 0.579. The molecule has 0 aliphatic rings. The SMILES string of the molecule is C#CCC(C)NCC(=O)OC. The molecule has 0 aromatic carbocycles. The minimum Gasteiger partial charge on any atom is -0.468 e. The molecule has 0 heterocycles. The van der Waals surface area contributed by atoms with E-state index < -0.39 is 0 Å². The van der Waals surface area contributed by atoms with Gasteiger partial charge in [0.2, 0.25) is 0 Å². The van der Waals surface area contributed by atoms with Gasteiger partial charge in [-0.05, 0) is 6.92 Å². The van der Waals surface area contributed by atoms with Gasteiger partial charge in [-0.15, -0.1) is 12.3 Å². The molecule has 11 heavy (non-hydrogen) atoms. The van der Waals surface area contributed by atoms with Crippen LogP contribution in [0.1, 0.15) is 13.3 Å². The van der Waals surface area contributed by atoms with Crippen LogP contribution < -0.4 is 5.32 Å². The number of terminal acetylenes is 1. The van der Waals surface area contributed by atoms with E-state index in [2.05, 4.69) is 16.0 Å². The van der Waals surface area contributed by atoms with Crippen molar-refractivity contribution in [2.45, 2.75) is 19.4 Å². The van der Waals surface area contributed by atoms with Crippen LogP contribution in [0.25, 0.3) is 0 Å². The summed E-state index contributed by atoms with van der Waals surface area (Å²) in [6.45, 7) is 2.14. The molecule has 62 valence electrons. The highest BCUT2D eigenvalue weighted by Gasteiger charge is 2.02. The van der Waals surface area contributed by atoms with Gasteiger partial charge in [0, 0.05) is 12.5 Å². The van der Waals surface area contributed by atoms with Crippen LogP contribution in [0.2, 0.25) is 0 Å². The second-order valence-corrected chi connectivity index (χ2v) is 2.27. The molecule has 1 N–H and O–H groups in total. The van der Waals surface area contributed by atoms with E-state index in [4.69, 9.17) is 6.42 Å². The Morgan fingerprint density at radius 2 is 2.45 bits per heavy atom. The molecule has 0 saturated heterocycles. The Morgan fingerprint density at radius 3 is 2.91 bits per heavy atom. The van der Waals surface area contributed by atoms with Crippen molar-refractivity contribution >= 4 is 5.97 Å². The standard InChI is InChI=1S/C8H13NO2/c1-4-5-7(2)9-6-8(10)11-3/h1,7,9H,5-6H2,2-3H3. The van der Waals surface area contributed by atoms with E-state index in [0.717, 1.165) is 0 Å². The molecule has 3 nitrogen and oxygen atoms in total. The summed E-state index contributed by atoms with van der Waals surface area (Å²) in [6.07, 6.45) is 5.68. The Kier molecular flexibility index (Phi) is 5.22. The molecule has 0 amide bonds. The van der Waals surface area contributed by atoms with E-state index in [1.807, 2.05) is 6.92 Å². The van der Waals surface area contributed by atoms with Gasteiger partial charge in [0.25, 0.3) is 0 Å². The van der Waals surface area contributed by atoms with Crippen LogP contribution in [-0.4, -0.2) is 25.7 Å². The normalized spacial score (nSPS) is 11.7. The summed E-state index contributed by atoms with van der Waals surface area (Å²) < 4.78 is 4.43. The number of methoxy groups -OCH3 is 1. The lowest BCUT2D eigenvalue weighted by molar-refractivity contribution is -0.139. The van der Waals surface area contributed by atoms with Crippen molar-refractivity contribution in [1.82, 2.24) is 5.32 Å². The lowest BCUT2D eigenvalue weighted by Gasteiger charge is -2.08. The van der Waals surface area contributed by atoms with Gasteiger partial charge in [-0.3, -0.25) is 4.79 Å². The molecule has 0 aromatic rings. The van der Waals surface area contributed by atoms with Gasteiger partial charge in [0.15, 0.2) is 0 Å². The van der Waals surface area contributed by atoms with E-state index in [-0.39, 0.29) is 18.6 Å². The van der Waals surface area contributed by atoms with Crippen LogP contribution >= 0.6 is 0 Å². The molecular formula is C8H13NO2. The Balaban J connectivity index is 3.39. The molecular weight excluding hydrogens is 142 g/mol. The molecule has 0 aliphatic heterocycles. The molecule has 1 unspecified atom stereocenters. The predicted octanol–water partition coefficient (Wildman–Crippen LogP) is 0.161. The van der Waals surface area contributed by atoms with Crippen LogP contribution in [0.15, 0.2) is 0 Å². The van der Waals surface area contributed by atoms with Crippen molar-refractivity contribution in [1.29, 1.82) is 0 Å². The molecule has 3 heteroatoms. The summed E-state index contributed by atoms with van der Waals surface area (Å²) in [5.74, 6) is 2.23. The summed E-state index contributed by atoms with van der Waals surface area (Å²) in [7, 11) is 1.36. The molecule has 0 rings (SSSR count). The van der Waals surface area contributed by atoms with Crippen LogP contribution in [0, 0.1) is 12.3 Å². The zero-order valence-corrected chi connectivity index (χ0v) is 6.89. The summed E-state index contributed by atoms with van der Waals surface area (Å²) in [5, 5.41) is 2.92. The van der Waals surface area contributed by atoms with Crippen molar-refractivity contribution < 1.29 is 9.53 Å². The lowest BCUT2D eigenvalue weighted by atomic mass is 10.2. The molecule has 0 aliphatic carbocycles. The average molecular weight is 155 g/mol. The number of carbonyl (C=O) groups excluding carboxylic acids is 1. The summed E-state index contributed by atoms with van der Waals surface area (Å²) in [4.78, 5) is 10.6. The predicted molar refractivity (Wildman–Crippen MR) is 42.9 cm³/mol. The highest BCUT2D eigenvalue weighted by atomic mass is 16.5. The second-order valence-electron chi connectivity index (χ2n) is 2.27. The number of carbonyl (C=O) groups is 1. The highest BCUT2D eigenvalue weighted by Crippen LogP contribution is 1.86. The van der Waals surface area contributed by atoms with Crippen LogP contribution in [0.3, 0.4) is 0 Å². The maximum Gasteiger partial charge on any atom is 0.319 e. The van der Waals surface area contributed by atoms with Crippen LogP contribution in [0.4, 0.5) is 0 Å². The number of esters is 1. The third-order valence-corrected chi connectivity index (χ3v) is 1.25. The van der Waals surface area contributed by atoms with E-state index in [1.54, 1.807) is 0 Å². The van der Waals surface area contributed by atoms with Gasteiger partial charge >= 0.3 is 5.97 Å². The smallest absolute Gasteiger partial charge is 0.319 e. The molecule has 0 fully saturated rings. The van der Waals surface area contributed by atoms with Gasteiger partial charge in [-0.2, -0.15) is 0 Å². The fourth-order valence-electron chi connectivity index (χ4n) is 0.579. The first-order valence-corrected chi connectivity index (χ1v) is 3.44. The maximum atomic E-state index is 10.6. The lowest BCUT2D eigenvalue weighted by Crippen LogP contribution is -2.31. The summed E-state index contributed by atoms with van der Waals surface area (Å²) in [5.41, 5.74) is 0. The summed E-state index contributed by atoms with van der Waals surface area (Å²) >= 11 is 0. The highest BCUT2D eigenvalue weighted by molar-refractivity contribution is 5.71. The Hall–Kier alpha value is -1.01. The minimum absolute atomic E-state index is 0.166. The van der Waals surface area contributed by atoms with Crippen molar-refractivity contribution in [3.05, 3.63) is 0 Å². The topological polar surface area (TPSA) is 38.3 Å². The largest absolute Gasteiger partial charge is 0.468 e. The maximum absolute atomic E-state index is 10.6. The van der Waals surface area contributed by atoms with Gasteiger partial charge in [-0.25, -0.2) is 0 Å². The number of hydrogen-bond donors (Lipinski definition) is 1. The van der Waals surface area contributed by atoms with E-state index in [1.165, 1.54) is 7.11 Å². The first-order valence-electron chi connectivity index (χ1n) is 3.44. The van der Waals surface area contributed by atoms with Gasteiger partial charge < -0.3 is 10.1 Å². The van der Waals surface area contributed by atoms with Crippen LogP contribution in [-0.2, 0) is 9.53 Å². The van der Waals surface area contributed by atoms with Crippen LogP contribution in [0.5, 0.6) is 0 Å². The average Bonchev–Trinajstić information content (AvgIpc) is 2.01. The van der Waals surface area contributed by atoms with Crippen molar-refractivity contribution in [3.63, 3.8) is 0 Å². The fraction of sp³-hybridized carbons (Fsp3) is 0.625. The van der Waals surface area contributed by atoms with Crippen molar-refractivity contribution in [2.24, 2.45) is 0 Å². The first-order chi connectivity index (χ1) is 5.20. The first kappa shape index (κ1) is 9.99. The Labute approximate surface area is 67.1 Å². The Bertz CT molecular complexity index is 160. The van der Waals surface area contributed by atoms with E-state index in [0.29, 0.717) is 6.42 Å². The van der Waals surface area contributed by atoms with E-state index >= 15 is 0 Å². The number of ether oxygens (including phenoxy) is 1. The Morgan fingerprint density at radius 1 is 1.82 bits per heavy atom. The third-order valence-electron chi connectivity index (χ3n) is 1.25. The zero-order chi connectivity index (χ0) is 8.69. The number of rotatable bonds is 4. The zero-order valence-electron chi connectivity index (χ0n) is 6.89. The minimum atomic E-state index is -0.270. The molecule has 0 spiro atoms. The number of nitrogens with one attached hydrogen (secondary N) is 1. The van der Waals surface area contributed by atoms with Gasteiger partial charge in [0.05, 0.1) is 13.7 Å². The third kappa shape index (κ3) is 5.43. The van der Waals surface area contributed by atoms with Crippen molar-refractivity contribution in [3.8, 4) is 12.3 Å². The van der Waals surface area contributed by atoms with Gasteiger partial charge in [-0.1, -0.05) is 0 Å². The van der Waals surface area contributed by atoms with Crippen molar-refractivity contribution in [2.75, 3.05) is 13.7 Å². The van der Waals surface area contributed by atoms with Gasteiger partial charge in [0.1, 0.15) is 0 Å². The quantitative estimate of drug-likeness (QED) is 0.464. The monoisotopic (exact) mass is 155 g/mol. The molecule has 0 bridgehead atoms. The molecule has 0 aromatic heterocycles.